The van der Waals surface area contributed by atoms with Gasteiger partial charge in [0.05, 0.1) is 6.61 Å². The van der Waals surface area contributed by atoms with E-state index < -0.39 is 17.2 Å². The first-order valence-electron chi connectivity index (χ1n) is 6.09. The van der Waals surface area contributed by atoms with Crippen molar-refractivity contribution in [2.24, 2.45) is 0 Å². The number of aromatic nitrogens is 3. The Kier molecular flexibility index (Phi) is 8.16. The standard InChI is InChI=1S/C11H17N3O5S2/c1-8(15)19-4-3-18-7-14-11(17)12-9(16)10(13-14)21-6-5-20-2/h3-7H2,1-2H3,(H,12,16,17). The number of esters is 1. The molecular weight excluding hydrogens is 318 g/mol. The third kappa shape index (κ3) is 6.82. The van der Waals surface area contributed by atoms with Gasteiger partial charge in [0.15, 0.2) is 5.03 Å². The minimum absolute atomic E-state index is 0.1000. The highest BCUT2D eigenvalue weighted by Crippen LogP contribution is 2.10. The highest BCUT2D eigenvalue weighted by molar-refractivity contribution is 8.02. The molecule has 0 radical (unpaired) electrons. The number of rotatable bonds is 9. The lowest BCUT2D eigenvalue weighted by molar-refractivity contribution is -0.143. The SMILES string of the molecule is CSCCSc1nn(COCCOC(C)=O)c(=O)[nH]c1=O. The Labute approximate surface area is 129 Å². The number of hydrogen-bond donors (Lipinski definition) is 1. The van der Waals surface area contributed by atoms with Crippen molar-refractivity contribution >= 4 is 29.5 Å². The molecular formula is C11H17N3O5S2. The first kappa shape index (κ1) is 17.8. The van der Waals surface area contributed by atoms with Crippen LogP contribution in [0.5, 0.6) is 0 Å². The third-order valence-electron chi connectivity index (χ3n) is 2.13. The second kappa shape index (κ2) is 9.64. The van der Waals surface area contributed by atoms with Crippen LogP contribution < -0.4 is 11.2 Å². The molecule has 10 heteroatoms. The van der Waals surface area contributed by atoms with E-state index in [1.165, 1.54) is 18.7 Å². The van der Waals surface area contributed by atoms with Crippen LogP contribution in [0.2, 0.25) is 0 Å². The average Bonchev–Trinajstić information content (AvgIpc) is 2.42. The Morgan fingerprint density at radius 1 is 1.33 bits per heavy atom. The van der Waals surface area contributed by atoms with Gasteiger partial charge in [-0.15, -0.1) is 0 Å². The Morgan fingerprint density at radius 2 is 2.10 bits per heavy atom. The largest absolute Gasteiger partial charge is 0.463 e. The summed E-state index contributed by atoms with van der Waals surface area (Å²) in [7, 11) is 0. The molecule has 0 aliphatic heterocycles. The van der Waals surface area contributed by atoms with Crippen molar-refractivity contribution in [1.29, 1.82) is 0 Å². The topological polar surface area (TPSA) is 103 Å². The summed E-state index contributed by atoms with van der Waals surface area (Å²) < 4.78 is 10.9. The van der Waals surface area contributed by atoms with E-state index in [9.17, 15) is 14.4 Å². The molecule has 0 fully saturated rings. The fraction of sp³-hybridized carbons (Fsp3) is 0.636. The van der Waals surface area contributed by atoms with Gasteiger partial charge in [0.25, 0.3) is 5.56 Å². The molecule has 0 aliphatic carbocycles. The zero-order chi connectivity index (χ0) is 15.7. The monoisotopic (exact) mass is 335 g/mol. The maximum Gasteiger partial charge on any atom is 0.347 e. The molecule has 0 aliphatic rings. The molecule has 0 amide bonds. The predicted molar refractivity (Wildman–Crippen MR) is 80.8 cm³/mol. The molecule has 0 atom stereocenters. The maximum atomic E-state index is 11.6. The molecule has 21 heavy (non-hydrogen) atoms. The number of nitrogens with one attached hydrogen (secondary N) is 1. The van der Waals surface area contributed by atoms with Gasteiger partial charge in [-0.25, -0.2) is 4.79 Å². The van der Waals surface area contributed by atoms with Crippen LogP contribution in [0, 0.1) is 0 Å². The van der Waals surface area contributed by atoms with E-state index in [-0.39, 0.29) is 25.0 Å². The van der Waals surface area contributed by atoms with Gasteiger partial charge in [-0.2, -0.15) is 21.5 Å². The summed E-state index contributed by atoms with van der Waals surface area (Å²) in [5, 5.41) is 4.19. The molecule has 0 spiro atoms. The second-order valence-corrected chi connectivity index (χ2v) is 5.85. The number of hydrogen-bond acceptors (Lipinski definition) is 8. The van der Waals surface area contributed by atoms with Crippen molar-refractivity contribution in [1.82, 2.24) is 14.8 Å². The zero-order valence-corrected chi connectivity index (χ0v) is 13.4. The van der Waals surface area contributed by atoms with E-state index in [1.807, 2.05) is 6.26 Å². The lowest BCUT2D eigenvalue weighted by Crippen LogP contribution is -2.34. The first-order chi connectivity index (χ1) is 10.0. The van der Waals surface area contributed by atoms with Crippen molar-refractivity contribution in [3.8, 4) is 0 Å². The molecule has 1 aromatic heterocycles. The fourth-order valence-corrected chi connectivity index (χ4v) is 2.75. The summed E-state index contributed by atoms with van der Waals surface area (Å²) in [6.45, 7) is 1.42. The Hall–Kier alpha value is -1.26. The molecule has 0 bridgehead atoms. The minimum atomic E-state index is -0.637. The number of ether oxygens (including phenoxy) is 2. The second-order valence-electron chi connectivity index (χ2n) is 3.78. The predicted octanol–water partition coefficient (Wildman–Crippen LogP) is -0.0761. The lowest BCUT2D eigenvalue weighted by Gasteiger charge is -2.07. The van der Waals surface area contributed by atoms with Crippen LogP contribution >= 0.6 is 23.5 Å². The number of H-pyrrole nitrogens is 1. The Morgan fingerprint density at radius 3 is 2.76 bits per heavy atom. The summed E-state index contributed by atoms with van der Waals surface area (Å²) in [5.41, 5.74) is -1.14. The van der Waals surface area contributed by atoms with Crippen molar-refractivity contribution < 1.29 is 14.3 Å². The van der Waals surface area contributed by atoms with Gasteiger partial charge in [-0.05, 0) is 6.26 Å². The molecule has 0 saturated heterocycles. The average molecular weight is 335 g/mol. The van der Waals surface area contributed by atoms with Crippen molar-refractivity contribution in [3.05, 3.63) is 20.8 Å². The van der Waals surface area contributed by atoms with Gasteiger partial charge < -0.3 is 9.47 Å². The van der Waals surface area contributed by atoms with E-state index in [1.54, 1.807) is 11.8 Å². The van der Waals surface area contributed by atoms with Crippen LogP contribution in [0.1, 0.15) is 6.92 Å². The van der Waals surface area contributed by atoms with E-state index in [0.29, 0.717) is 0 Å². The number of thioether (sulfide) groups is 2. The van der Waals surface area contributed by atoms with Crippen LogP contribution in [-0.2, 0) is 21.0 Å². The summed E-state index contributed by atoms with van der Waals surface area (Å²) in [6.07, 6.45) is 1.97. The number of nitrogens with zero attached hydrogens (tertiary/aromatic N) is 2. The number of carbonyl (C=O) groups is 1. The normalized spacial score (nSPS) is 10.6. The van der Waals surface area contributed by atoms with Gasteiger partial charge in [-0.1, -0.05) is 11.8 Å². The van der Waals surface area contributed by atoms with Crippen LogP contribution in [0.3, 0.4) is 0 Å². The number of aromatic amines is 1. The van der Waals surface area contributed by atoms with Crippen LogP contribution in [0.25, 0.3) is 0 Å². The van der Waals surface area contributed by atoms with Gasteiger partial charge in [0.1, 0.15) is 13.3 Å². The summed E-state index contributed by atoms with van der Waals surface area (Å²) >= 11 is 2.94. The van der Waals surface area contributed by atoms with Gasteiger partial charge >= 0.3 is 11.7 Å². The Balaban J connectivity index is 2.56. The molecule has 1 N–H and O–H groups in total. The molecule has 8 nitrogen and oxygen atoms in total. The quantitative estimate of drug-likeness (QED) is 0.380. The molecule has 1 aromatic rings. The van der Waals surface area contributed by atoms with E-state index in [4.69, 9.17) is 4.74 Å². The Bertz CT molecular complexity index is 572. The van der Waals surface area contributed by atoms with E-state index in [0.717, 1.165) is 16.2 Å². The van der Waals surface area contributed by atoms with E-state index in [2.05, 4.69) is 14.8 Å². The van der Waals surface area contributed by atoms with Crippen molar-refractivity contribution in [2.45, 2.75) is 18.7 Å². The van der Waals surface area contributed by atoms with Gasteiger partial charge in [0, 0.05) is 18.4 Å². The minimum Gasteiger partial charge on any atom is -0.463 e. The highest BCUT2D eigenvalue weighted by Gasteiger charge is 2.07. The molecule has 1 rings (SSSR count). The number of carbonyl (C=O) groups excluding carboxylic acids is 1. The van der Waals surface area contributed by atoms with Gasteiger partial charge in [0.2, 0.25) is 0 Å². The van der Waals surface area contributed by atoms with Crippen LogP contribution in [0.4, 0.5) is 0 Å². The summed E-state index contributed by atoms with van der Waals surface area (Å²) in [5.74, 6) is 1.21. The summed E-state index contributed by atoms with van der Waals surface area (Å²) in [6, 6.07) is 0. The molecule has 0 saturated carbocycles. The van der Waals surface area contributed by atoms with E-state index >= 15 is 0 Å². The van der Waals surface area contributed by atoms with Gasteiger partial charge in [-0.3, -0.25) is 14.6 Å². The fourth-order valence-electron chi connectivity index (χ4n) is 1.21. The lowest BCUT2D eigenvalue weighted by atomic mass is 10.7. The smallest absolute Gasteiger partial charge is 0.347 e. The molecule has 0 aromatic carbocycles. The van der Waals surface area contributed by atoms with Crippen LogP contribution in [-0.4, -0.2) is 51.7 Å². The maximum absolute atomic E-state index is 11.6. The molecule has 118 valence electrons. The van der Waals surface area contributed by atoms with Crippen LogP contribution in [0.15, 0.2) is 14.6 Å². The molecule has 0 unspecified atom stereocenters. The van der Waals surface area contributed by atoms with Crippen molar-refractivity contribution in [3.63, 3.8) is 0 Å². The molecule has 1 heterocycles. The third-order valence-corrected chi connectivity index (χ3v) is 3.95. The zero-order valence-electron chi connectivity index (χ0n) is 11.8. The summed E-state index contributed by atoms with van der Waals surface area (Å²) in [4.78, 5) is 35.9. The first-order valence-corrected chi connectivity index (χ1v) is 8.47. The van der Waals surface area contributed by atoms with Crippen molar-refractivity contribution in [2.75, 3.05) is 31.0 Å². The highest BCUT2D eigenvalue weighted by atomic mass is 32.2.